The van der Waals surface area contributed by atoms with Crippen LogP contribution in [0.25, 0.3) is 22.2 Å². The zero-order chi connectivity index (χ0) is 27.4. The summed E-state index contributed by atoms with van der Waals surface area (Å²) in [7, 11) is 3.28. The number of amides is 1. The third kappa shape index (κ3) is 5.50. The second kappa shape index (κ2) is 11.7. The maximum Gasteiger partial charge on any atom is 0.274 e. The van der Waals surface area contributed by atoms with Gasteiger partial charge in [-0.1, -0.05) is 43.9 Å². The molecule has 39 heavy (non-hydrogen) atoms. The van der Waals surface area contributed by atoms with E-state index in [4.69, 9.17) is 14.5 Å². The Bertz CT molecular complexity index is 1500. The summed E-state index contributed by atoms with van der Waals surface area (Å²) in [6, 6.07) is 13.2. The van der Waals surface area contributed by atoms with Crippen LogP contribution in [0.3, 0.4) is 0 Å². The van der Waals surface area contributed by atoms with Gasteiger partial charge in [-0.15, -0.1) is 0 Å². The highest BCUT2D eigenvalue weighted by Crippen LogP contribution is 2.38. The topological polar surface area (TPSA) is 95.3 Å². The normalized spacial score (nSPS) is 13.5. The van der Waals surface area contributed by atoms with Crippen molar-refractivity contribution in [3.05, 3.63) is 65.5 Å². The van der Waals surface area contributed by atoms with Crippen molar-refractivity contribution in [3.63, 3.8) is 0 Å². The Kier molecular flexibility index (Phi) is 7.91. The number of para-hydroxylation sites is 1. The predicted octanol–water partition coefficient (Wildman–Crippen LogP) is 6.00. The van der Waals surface area contributed by atoms with Crippen molar-refractivity contribution >= 4 is 29.0 Å². The van der Waals surface area contributed by atoms with Gasteiger partial charge in [0, 0.05) is 22.7 Å². The van der Waals surface area contributed by atoms with Crippen LogP contribution in [0.1, 0.15) is 53.7 Å². The lowest BCUT2D eigenvalue weighted by atomic mass is 9.95. The van der Waals surface area contributed by atoms with E-state index < -0.39 is 0 Å². The molecule has 1 amide bonds. The lowest BCUT2D eigenvalue weighted by Gasteiger charge is -2.17. The van der Waals surface area contributed by atoms with E-state index in [-0.39, 0.29) is 18.4 Å². The number of fused-ring (bicyclic) bond motifs is 1. The lowest BCUT2D eigenvalue weighted by molar-refractivity contribution is -0.108. The first-order valence-electron chi connectivity index (χ1n) is 13.4. The zero-order valence-corrected chi connectivity index (χ0v) is 22.7. The van der Waals surface area contributed by atoms with Crippen LogP contribution in [0.15, 0.2) is 48.7 Å². The van der Waals surface area contributed by atoms with Gasteiger partial charge >= 0.3 is 0 Å². The summed E-state index contributed by atoms with van der Waals surface area (Å²) in [6.45, 7) is 2.04. The molecule has 0 atom stereocenters. The highest BCUT2D eigenvalue weighted by atomic mass is 16.5. The second-order valence-electron chi connectivity index (χ2n) is 10.1. The molecule has 2 aromatic carbocycles. The number of nitrogens with zero attached hydrogens (tertiary/aromatic N) is 3. The molecule has 0 radical (unpaired) electrons. The van der Waals surface area contributed by atoms with Crippen LogP contribution in [-0.4, -0.2) is 40.9 Å². The monoisotopic (exact) mass is 526 g/mol. The Morgan fingerprint density at radius 2 is 1.87 bits per heavy atom. The summed E-state index contributed by atoms with van der Waals surface area (Å²) in [5.41, 5.74) is 4.63. The van der Waals surface area contributed by atoms with Crippen LogP contribution in [0.2, 0.25) is 0 Å². The van der Waals surface area contributed by atoms with Gasteiger partial charge in [-0.05, 0) is 61.1 Å². The van der Waals surface area contributed by atoms with E-state index in [1.54, 1.807) is 31.0 Å². The molecule has 1 saturated carbocycles. The van der Waals surface area contributed by atoms with Crippen molar-refractivity contribution < 1.29 is 19.1 Å². The molecule has 1 N–H and O–H groups in total. The molecule has 2 heterocycles. The van der Waals surface area contributed by atoms with Gasteiger partial charge in [0.2, 0.25) is 5.95 Å². The Balaban J connectivity index is 1.52. The smallest absolute Gasteiger partial charge is 0.274 e. The van der Waals surface area contributed by atoms with E-state index in [0.29, 0.717) is 23.1 Å². The molecule has 4 aromatic rings. The van der Waals surface area contributed by atoms with Crippen molar-refractivity contribution in [3.8, 4) is 22.8 Å². The van der Waals surface area contributed by atoms with Crippen molar-refractivity contribution in [1.82, 2.24) is 14.5 Å². The number of benzene rings is 2. The van der Waals surface area contributed by atoms with Crippen LogP contribution in [0.5, 0.6) is 11.5 Å². The quantitative estimate of drug-likeness (QED) is 0.255. The number of carbonyl (C=O) groups is 2. The Hall–Kier alpha value is -4.20. The van der Waals surface area contributed by atoms with Gasteiger partial charge in [0.05, 0.1) is 26.5 Å². The third-order valence-electron chi connectivity index (χ3n) is 7.66. The Labute approximate surface area is 228 Å². The van der Waals surface area contributed by atoms with E-state index in [9.17, 15) is 9.59 Å². The molecule has 1 fully saturated rings. The largest absolute Gasteiger partial charge is 0.496 e. The minimum atomic E-state index is -0.383. The number of ether oxygens (including phenoxy) is 2. The molecule has 0 spiro atoms. The van der Waals surface area contributed by atoms with Crippen molar-refractivity contribution in [2.45, 2.75) is 52.0 Å². The summed E-state index contributed by atoms with van der Waals surface area (Å²) in [6.07, 6.45) is 9.61. The minimum absolute atomic E-state index is 0.0723. The van der Waals surface area contributed by atoms with Crippen molar-refractivity contribution in [2.75, 3.05) is 19.5 Å². The fourth-order valence-electron chi connectivity index (χ4n) is 5.61. The van der Waals surface area contributed by atoms with Crippen molar-refractivity contribution in [2.24, 2.45) is 5.92 Å². The van der Waals surface area contributed by atoms with Crippen LogP contribution < -0.4 is 14.8 Å². The fraction of sp³-hybridized carbons (Fsp3) is 0.355. The van der Waals surface area contributed by atoms with Crippen molar-refractivity contribution in [1.29, 1.82) is 0 Å². The van der Waals surface area contributed by atoms with E-state index in [2.05, 4.69) is 10.3 Å². The number of aldehydes is 1. The molecule has 0 bridgehead atoms. The maximum atomic E-state index is 13.4. The first kappa shape index (κ1) is 26.4. The molecule has 8 heteroatoms. The minimum Gasteiger partial charge on any atom is -0.496 e. The van der Waals surface area contributed by atoms with E-state index in [1.807, 2.05) is 43.3 Å². The van der Waals surface area contributed by atoms with E-state index >= 15 is 0 Å². The number of carbonyl (C=O) groups excluding carboxylic acids is 2. The first-order chi connectivity index (χ1) is 19.0. The first-order valence-corrected chi connectivity index (χ1v) is 13.4. The second-order valence-corrected chi connectivity index (χ2v) is 10.1. The summed E-state index contributed by atoms with van der Waals surface area (Å²) in [5.74, 6) is 1.93. The van der Waals surface area contributed by atoms with Crippen LogP contribution in [-0.2, 0) is 17.8 Å². The average molecular weight is 527 g/mol. The third-order valence-corrected chi connectivity index (χ3v) is 7.66. The number of hydrogen-bond acceptors (Lipinski definition) is 6. The van der Waals surface area contributed by atoms with Gasteiger partial charge in [0.1, 0.15) is 23.5 Å². The SMILES string of the molecule is COc1cc(-c2nc(NC(=O)c3cc4ccccc4n3CC=O)ncc2CCC2CCCC2)c(OC)cc1C. The van der Waals surface area contributed by atoms with Gasteiger partial charge in [-0.25, -0.2) is 9.97 Å². The number of aromatic nitrogens is 3. The molecule has 0 saturated heterocycles. The summed E-state index contributed by atoms with van der Waals surface area (Å²) >= 11 is 0. The number of rotatable bonds is 10. The molecule has 0 unspecified atom stereocenters. The van der Waals surface area contributed by atoms with E-state index in [1.165, 1.54) is 25.7 Å². The average Bonchev–Trinajstić information content (AvgIpc) is 3.61. The number of anilines is 1. The number of nitrogens with one attached hydrogen (secondary N) is 1. The van der Waals surface area contributed by atoms with Gasteiger partial charge in [0.15, 0.2) is 0 Å². The van der Waals surface area contributed by atoms with Gasteiger partial charge in [-0.2, -0.15) is 0 Å². The molecular formula is C31H34N4O4. The fourth-order valence-corrected chi connectivity index (χ4v) is 5.61. The molecule has 1 aliphatic carbocycles. The number of hydrogen-bond donors (Lipinski definition) is 1. The zero-order valence-electron chi connectivity index (χ0n) is 22.7. The molecule has 2 aromatic heterocycles. The molecule has 202 valence electrons. The molecule has 8 nitrogen and oxygen atoms in total. The summed E-state index contributed by atoms with van der Waals surface area (Å²) in [5, 5.41) is 3.74. The standard InChI is InChI=1S/C31H34N4O4/c1-20-16-28(39-3)24(18-27(20)38-2)29-23(13-12-21-8-4-5-9-21)19-32-31(33-29)34-30(37)26-17-22-10-6-7-11-25(22)35(26)14-15-36/h6-7,10-11,15-19,21H,4-5,8-9,12-14H2,1-3H3,(H,32,33,34,37). The summed E-state index contributed by atoms with van der Waals surface area (Å²) in [4.78, 5) is 34.2. The summed E-state index contributed by atoms with van der Waals surface area (Å²) < 4.78 is 13.0. The van der Waals surface area contributed by atoms with Crippen LogP contribution >= 0.6 is 0 Å². The number of aryl methyl sites for hydroxylation is 2. The predicted molar refractivity (Wildman–Crippen MR) is 152 cm³/mol. The number of methoxy groups -OCH3 is 2. The van der Waals surface area contributed by atoms with Gasteiger partial charge in [-0.3, -0.25) is 10.1 Å². The maximum absolute atomic E-state index is 13.4. The molecule has 5 rings (SSSR count). The Morgan fingerprint density at radius 3 is 2.62 bits per heavy atom. The van der Waals surface area contributed by atoms with Gasteiger partial charge in [0.25, 0.3) is 5.91 Å². The lowest BCUT2D eigenvalue weighted by Crippen LogP contribution is -2.19. The molecule has 1 aliphatic rings. The highest BCUT2D eigenvalue weighted by Gasteiger charge is 2.22. The van der Waals surface area contributed by atoms with Crippen LogP contribution in [0.4, 0.5) is 5.95 Å². The molecular weight excluding hydrogens is 492 g/mol. The Morgan fingerprint density at radius 1 is 1.10 bits per heavy atom. The molecule has 0 aliphatic heterocycles. The highest BCUT2D eigenvalue weighted by molar-refractivity contribution is 6.06. The van der Waals surface area contributed by atoms with E-state index in [0.717, 1.165) is 52.5 Å². The van der Waals surface area contributed by atoms with Gasteiger partial charge < -0.3 is 18.8 Å². The van der Waals surface area contributed by atoms with Crippen LogP contribution in [0, 0.1) is 12.8 Å².